The van der Waals surface area contributed by atoms with Crippen molar-refractivity contribution in [2.75, 3.05) is 13.2 Å². The van der Waals surface area contributed by atoms with E-state index in [0.29, 0.717) is 6.42 Å². The summed E-state index contributed by atoms with van der Waals surface area (Å²) < 4.78 is 11.3. The number of amides is 1. The Morgan fingerprint density at radius 2 is 0.760 bits per heavy atom. The van der Waals surface area contributed by atoms with Crippen LogP contribution in [0.2, 0.25) is 0 Å². The summed E-state index contributed by atoms with van der Waals surface area (Å²) in [6, 6.07) is -0.829. The van der Waals surface area contributed by atoms with E-state index in [1.54, 1.807) is 6.08 Å². The Morgan fingerprint density at radius 1 is 0.440 bits per heavy atom. The largest absolute Gasteiger partial charge is 0.394 e. The fourth-order valence-corrected chi connectivity index (χ4v) is 10.2. The molecule has 75 heavy (non-hydrogen) atoms. The Hall–Kier alpha value is -1.85. The summed E-state index contributed by atoms with van der Waals surface area (Å²) in [5.74, 6) is -0.187. The van der Waals surface area contributed by atoms with Gasteiger partial charge >= 0.3 is 0 Å². The van der Waals surface area contributed by atoms with Crippen molar-refractivity contribution in [3.05, 3.63) is 48.6 Å². The summed E-state index contributed by atoms with van der Waals surface area (Å²) >= 11 is 0. The number of unbranched alkanes of at least 4 members (excludes halogenated alkanes) is 40. The maximum absolute atomic E-state index is 13.1. The quantitative estimate of drug-likeness (QED) is 0.0261. The monoisotopic (exact) mass is 1060 g/mol. The number of nitrogens with one attached hydrogen (secondary N) is 1. The average Bonchev–Trinajstić information content (AvgIpc) is 3.41. The molecule has 1 amide bonds. The van der Waals surface area contributed by atoms with E-state index < -0.39 is 49.5 Å². The lowest BCUT2D eigenvalue weighted by atomic mass is 9.99. The van der Waals surface area contributed by atoms with Crippen molar-refractivity contribution < 1.29 is 39.8 Å². The molecule has 0 bridgehead atoms. The highest BCUT2D eigenvalue weighted by atomic mass is 16.7. The fourth-order valence-electron chi connectivity index (χ4n) is 10.2. The van der Waals surface area contributed by atoms with Gasteiger partial charge in [0.25, 0.3) is 0 Å². The maximum atomic E-state index is 13.1. The first-order chi connectivity index (χ1) is 36.8. The topological polar surface area (TPSA) is 149 Å². The Balaban J connectivity index is 2.20. The van der Waals surface area contributed by atoms with Gasteiger partial charge in [0, 0.05) is 6.42 Å². The van der Waals surface area contributed by atoms with Crippen LogP contribution in [0.15, 0.2) is 48.6 Å². The molecule has 0 aromatic rings. The van der Waals surface area contributed by atoms with E-state index in [-0.39, 0.29) is 12.5 Å². The number of hydrogen-bond acceptors (Lipinski definition) is 8. The van der Waals surface area contributed by atoms with Gasteiger partial charge < -0.3 is 40.3 Å². The normalized spacial score (nSPS) is 19.2. The number of rotatable bonds is 56. The van der Waals surface area contributed by atoms with Crippen molar-refractivity contribution >= 4 is 5.91 Å². The summed E-state index contributed by atoms with van der Waals surface area (Å²) in [5.41, 5.74) is 0. The van der Waals surface area contributed by atoms with E-state index in [1.165, 1.54) is 244 Å². The molecule has 1 heterocycles. The lowest BCUT2D eigenvalue weighted by molar-refractivity contribution is -0.302. The highest BCUT2D eigenvalue weighted by Crippen LogP contribution is 2.23. The zero-order valence-corrected chi connectivity index (χ0v) is 49.1. The number of carbonyl (C=O) groups is 1. The molecule has 7 unspecified atom stereocenters. The van der Waals surface area contributed by atoms with Crippen LogP contribution in [0.25, 0.3) is 0 Å². The second kappa shape index (κ2) is 55.5. The van der Waals surface area contributed by atoms with E-state index in [0.717, 1.165) is 44.9 Å². The van der Waals surface area contributed by atoms with Crippen molar-refractivity contribution in [2.24, 2.45) is 0 Å². The lowest BCUT2D eigenvalue weighted by Gasteiger charge is -2.40. The molecule has 9 heteroatoms. The second-order valence-corrected chi connectivity index (χ2v) is 22.5. The van der Waals surface area contributed by atoms with E-state index in [9.17, 15) is 30.3 Å². The number of allylic oxidation sites excluding steroid dienone is 7. The van der Waals surface area contributed by atoms with E-state index in [2.05, 4.69) is 55.6 Å². The number of aliphatic hydroxyl groups is 5. The third kappa shape index (κ3) is 44.7. The van der Waals surface area contributed by atoms with Crippen molar-refractivity contribution in [3.8, 4) is 0 Å². The molecular formula is C66H123NO8. The minimum Gasteiger partial charge on any atom is -0.394 e. The predicted octanol–water partition coefficient (Wildman–Crippen LogP) is 16.9. The molecule has 0 aromatic carbocycles. The van der Waals surface area contributed by atoms with Crippen molar-refractivity contribution in [1.29, 1.82) is 0 Å². The summed E-state index contributed by atoms with van der Waals surface area (Å²) in [6.45, 7) is 3.80. The van der Waals surface area contributed by atoms with Crippen LogP contribution in [0, 0.1) is 0 Å². The van der Waals surface area contributed by atoms with Crippen LogP contribution in [-0.4, -0.2) is 87.5 Å². The van der Waals surface area contributed by atoms with Crippen LogP contribution < -0.4 is 5.32 Å². The van der Waals surface area contributed by atoms with Crippen LogP contribution in [0.3, 0.4) is 0 Å². The number of aliphatic hydroxyl groups excluding tert-OH is 5. The van der Waals surface area contributed by atoms with Gasteiger partial charge in [-0.3, -0.25) is 4.79 Å². The number of hydrogen-bond donors (Lipinski definition) is 6. The standard InChI is InChI=1S/C66H123NO8/c1-3-5-7-9-11-13-15-17-19-21-23-25-27-29-30-32-34-36-38-40-42-44-46-48-50-52-54-56-62(70)67-59(58-74-66-65(73)64(72)63(71)61(57-68)75-66)60(69)55-53-51-49-47-45-43-41-39-37-35-33-31-28-26-24-22-20-18-16-14-12-10-8-6-4-2/h21,23,37,39,45,47,53,55,59-61,63-66,68-69,71-73H,3-20,22,24-36,38,40-44,46,48-52,54,56-58H2,1-2H3,(H,67,70)/b23-21-,39-37+,47-45+,55-53+. The van der Waals surface area contributed by atoms with Gasteiger partial charge in [0.1, 0.15) is 24.4 Å². The molecule has 1 aliphatic heterocycles. The molecule has 1 saturated heterocycles. The molecule has 1 rings (SSSR count). The van der Waals surface area contributed by atoms with Gasteiger partial charge in [-0.15, -0.1) is 0 Å². The molecule has 7 atom stereocenters. The molecule has 0 aromatic heterocycles. The van der Waals surface area contributed by atoms with Gasteiger partial charge in [-0.1, -0.05) is 281 Å². The Labute approximate surface area is 463 Å². The Kier molecular flexibility index (Phi) is 52.6. The van der Waals surface area contributed by atoms with Gasteiger partial charge in [0.15, 0.2) is 6.29 Å². The van der Waals surface area contributed by atoms with Crippen LogP contribution >= 0.6 is 0 Å². The van der Waals surface area contributed by atoms with Gasteiger partial charge in [-0.2, -0.15) is 0 Å². The third-order valence-corrected chi connectivity index (χ3v) is 15.4. The van der Waals surface area contributed by atoms with Crippen molar-refractivity contribution in [3.63, 3.8) is 0 Å². The molecule has 0 saturated carbocycles. The van der Waals surface area contributed by atoms with Crippen LogP contribution in [-0.2, 0) is 14.3 Å². The number of carbonyl (C=O) groups excluding carboxylic acids is 1. The summed E-state index contributed by atoms with van der Waals surface area (Å²) in [6.07, 6.45) is 67.7. The highest BCUT2D eigenvalue weighted by Gasteiger charge is 2.44. The predicted molar refractivity (Wildman–Crippen MR) is 318 cm³/mol. The Bertz CT molecular complexity index is 1320. The molecular weight excluding hydrogens is 935 g/mol. The average molecular weight is 1060 g/mol. The first-order valence-corrected chi connectivity index (χ1v) is 32.4. The molecule has 1 fully saturated rings. The van der Waals surface area contributed by atoms with Crippen LogP contribution in [0.1, 0.15) is 309 Å². The minimum absolute atomic E-state index is 0.187. The zero-order chi connectivity index (χ0) is 54.3. The zero-order valence-electron chi connectivity index (χ0n) is 49.1. The first-order valence-electron chi connectivity index (χ1n) is 32.4. The molecule has 6 N–H and O–H groups in total. The molecule has 9 nitrogen and oxygen atoms in total. The van der Waals surface area contributed by atoms with E-state index in [1.807, 2.05) is 6.08 Å². The van der Waals surface area contributed by atoms with Gasteiger partial charge in [-0.05, 0) is 70.6 Å². The van der Waals surface area contributed by atoms with Crippen LogP contribution in [0.4, 0.5) is 0 Å². The highest BCUT2D eigenvalue weighted by molar-refractivity contribution is 5.76. The summed E-state index contributed by atoms with van der Waals surface area (Å²) in [4.78, 5) is 13.1. The summed E-state index contributed by atoms with van der Waals surface area (Å²) in [5, 5.41) is 54.6. The first kappa shape index (κ1) is 71.2. The minimum atomic E-state index is -1.58. The van der Waals surface area contributed by atoms with Gasteiger partial charge in [-0.25, -0.2) is 0 Å². The molecule has 1 aliphatic rings. The molecule has 440 valence electrons. The lowest BCUT2D eigenvalue weighted by Crippen LogP contribution is -2.60. The maximum Gasteiger partial charge on any atom is 0.220 e. The fraction of sp³-hybridized carbons (Fsp3) is 0.864. The second-order valence-electron chi connectivity index (χ2n) is 22.5. The SMILES string of the molecule is CCCCCCCCCC/C=C\CCCCCCCCCCCCCCCCCC(=O)NC(COC1OC(CO)C(O)C(O)C1O)C(O)/C=C/CC/C=C/CC/C=C/CCCCCCCCCCCCCCCCC. The molecule has 0 radical (unpaired) electrons. The summed E-state index contributed by atoms with van der Waals surface area (Å²) in [7, 11) is 0. The number of ether oxygens (including phenoxy) is 2. The van der Waals surface area contributed by atoms with E-state index in [4.69, 9.17) is 9.47 Å². The van der Waals surface area contributed by atoms with Crippen LogP contribution in [0.5, 0.6) is 0 Å². The van der Waals surface area contributed by atoms with Gasteiger partial charge in [0.05, 0.1) is 25.4 Å². The van der Waals surface area contributed by atoms with Crippen molar-refractivity contribution in [1.82, 2.24) is 5.32 Å². The smallest absolute Gasteiger partial charge is 0.220 e. The van der Waals surface area contributed by atoms with Gasteiger partial charge in [0.2, 0.25) is 5.91 Å². The van der Waals surface area contributed by atoms with Crippen molar-refractivity contribution in [2.45, 2.75) is 352 Å². The third-order valence-electron chi connectivity index (χ3n) is 15.4. The molecule has 0 aliphatic carbocycles. The Morgan fingerprint density at radius 3 is 1.12 bits per heavy atom. The van der Waals surface area contributed by atoms with E-state index >= 15 is 0 Å². The molecule has 0 spiro atoms.